The van der Waals surface area contributed by atoms with Crippen molar-refractivity contribution in [3.63, 3.8) is 0 Å². The second-order valence-electron chi connectivity index (χ2n) is 4.34. The maximum atomic E-state index is 13.5. The van der Waals surface area contributed by atoms with E-state index in [2.05, 4.69) is 26.2 Å². The van der Waals surface area contributed by atoms with Gasteiger partial charge in [-0.25, -0.2) is 4.39 Å². The summed E-state index contributed by atoms with van der Waals surface area (Å²) in [5.41, 5.74) is 1.44. The molecule has 0 radical (unpaired) electrons. The van der Waals surface area contributed by atoms with Gasteiger partial charge >= 0.3 is 0 Å². The molecule has 1 atom stereocenters. The summed E-state index contributed by atoms with van der Waals surface area (Å²) in [7, 11) is 0. The van der Waals surface area contributed by atoms with Crippen LogP contribution in [0.25, 0.3) is 0 Å². The molecule has 1 amide bonds. The Bertz CT molecular complexity index is 577. The Labute approximate surface area is 125 Å². The van der Waals surface area contributed by atoms with Gasteiger partial charge in [0, 0.05) is 18.9 Å². The van der Waals surface area contributed by atoms with Crippen LogP contribution in [0.1, 0.15) is 11.1 Å². The van der Waals surface area contributed by atoms with Gasteiger partial charge in [-0.2, -0.15) is 0 Å². The van der Waals surface area contributed by atoms with E-state index in [1.165, 1.54) is 6.07 Å². The van der Waals surface area contributed by atoms with Gasteiger partial charge in [-0.05, 0) is 29.7 Å². The molecule has 20 heavy (non-hydrogen) atoms. The Kier molecular flexibility index (Phi) is 5.24. The van der Waals surface area contributed by atoms with Gasteiger partial charge in [-0.3, -0.25) is 9.78 Å². The predicted molar refractivity (Wildman–Crippen MR) is 78.9 cm³/mol. The monoisotopic (exact) mass is 336 g/mol. The van der Waals surface area contributed by atoms with Crippen LogP contribution in [0, 0.1) is 5.82 Å². The van der Waals surface area contributed by atoms with Crippen LogP contribution in [0.3, 0.4) is 0 Å². The number of nitrogens with zero attached hydrogens (tertiary/aromatic N) is 1. The number of nitrogens with one attached hydrogen (secondary N) is 1. The van der Waals surface area contributed by atoms with Crippen molar-refractivity contribution in [3.05, 3.63) is 65.7 Å². The van der Waals surface area contributed by atoms with Gasteiger partial charge < -0.3 is 5.32 Å². The lowest BCUT2D eigenvalue weighted by Crippen LogP contribution is -2.32. The van der Waals surface area contributed by atoms with Crippen molar-refractivity contribution >= 4 is 21.8 Å². The molecule has 0 saturated heterocycles. The molecule has 0 bridgehead atoms. The lowest BCUT2D eigenvalue weighted by atomic mass is 10.1. The summed E-state index contributed by atoms with van der Waals surface area (Å²) >= 11 is 3.29. The van der Waals surface area contributed by atoms with Crippen LogP contribution in [0.2, 0.25) is 0 Å². The molecule has 0 aliphatic carbocycles. The first kappa shape index (κ1) is 14.7. The summed E-state index contributed by atoms with van der Waals surface area (Å²) in [5, 5.41) is 2.79. The van der Waals surface area contributed by atoms with Gasteiger partial charge in [0.15, 0.2) is 0 Å². The van der Waals surface area contributed by atoms with E-state index < -0.39 is 4.83 Å². The molecule has 1 heterocycles. The Hall–Kier alpha value is -1.75. The zero-order valence-corrected chi connectivity index (χ0v) is 12.3. The maximum absolute atomic E-state index is 13.5. The molecule has 0 aliphatic heterocycles. The Morgan fingerprint density at radius 2 is 2.10 bits per heavy atom. The summed E-state index contributed by atoms with van der Waals surface area (Å²) in [6.07, 6.45) is 3.68. The Balaban J connectivity index is 1.88. The number of alkyl halides is 1. The quantitative estimate of drug-likeness (QED) is 0.853. The van der Waals surface area contributed by atoms with Crippen molar-refractivity contribution < 1.29 is 9.18 Å². The lowest BCUT2D eigenvalue weighted by molar-refractivity contribution is -0.120. The number of carbonyl (C=O) groups excluding carboxylic acids is 1. The molecule has 0 saturated carbocycles. The second-order valence-corrected chi connectivity index (χ2v) is 5.45. The number of aromatic nitrogens is 1. The van der Waals surface area contributed by atoms with E-state index in [4.69, 9.17) is 0 Å². The Morgan fingerprint density at radius 1 is 1.30 bits per heavy atom. The zero-order chi connectivity index (χ0) is 14.4. The molecule has 2 aromatic rings. The fraction of sp³-hybridized carbons (Fsp3) is 0.200. The number of halogens is 2. The van der Waals surface area contributed by atoms with E-state index in [9.17, 15) is 9.18 Å². The number of pyridine rings is 1. The minimum absolute atomic E-state index is 0.169. The zero-order valence-electron chi connectivity index (χ0n) is 10.7. The largest absolute Gasteiger partial charge is 0.351 e. The molecule has 3 nitrogen and oxygen atoms in total. The van der Waals surface area contributed by atoms with E-state index in [0.717, 1.165) is 5.56 Å². The van der Waals surface area contributed by atoms with Gasteiger partial charge in [0.1, 0.15) is 5.82 Å². The van der Waals surface area contributed by atoms with Crippen LogP contribution in [0.15, 0.2) is 48.8 Å². The molecule has 104 valence electrons. The standard InChI is InChI=1S/C15H14BrFN2O/c16-13(8-12-5-1-2-6-14(12)17)15(20)19-10-11-4-3-7-18-9-11/h1-7,9,13H,8,10H2,(H,19,20). The normalized spacial score (nSPS) is 11.9. The van der Waals surface area contributed by atoms with Crippen molar-refractivity contribution in [1.29, 1.82) is 0 Å². The third kappa shape index (κ3) is 4.13. The maximum Gasteiger partial charge on any atom is 0.234 e. The van der Waals surface area contributed by atoms with E-state index >= 15 is 0 Å². The van der Waals surface area contributed by atoms with Gasteiger partial charge in [0.05, 0.1) is 4.83 Å². The fourth-order valence-electron chi connectivity index (χ4n) is 1.75. The summed E-state index contributed by atoms with van der Waals surface area (Å²) in [4.78, 5) is 15.4. The highest BCUT2D eigenvalue weighted by molar-refractivity contribution is 9.10. The summed E-state index contributed by atoms with van der Waals surface area (Å²) in [6, 6.07) is 10.1. The summed E-state index contributed by atoms with van der Waals surface area (Å²) in [6.45, 7) is 0.409. The summed E-state index contributed by atoms with van der Waals surface area (Å²) < 4.78 is 13.5. The molecular formula is C15H14BrFN2O. The highest BCUT2D eigenvalue weighted by Crippen LogP contribution is 2.14. The minimum Gasteiger partial charge on any atom is -0.351 e. The van der Waals surface area contributed by atoms with Crippen molar-refractivity contribution in [2.24, 2.45) is 0 Å². The van der Waals surface area contributed by atoms with Crippen LogP contribution >= 0.6 is 15.9 Å². The predicted octanol–water partition coefficient (Wildman–Crippen LogP) is 2.84. The molecule has 2 rings (SSSR count). The van der Waals surface area contributed by atoms with Gasteiger partial charge in [0.25, 0.3) is 0 Å². The summed E-state index contributed by atoms with van der Waals surface area (Å²) in [5.74, 6) is -0.464. The average molecular weight is 337 g/mol. The van der Waals surface area contributed by atoms with Gasteiger partial charge in [0.2, 0.25) is 5.91 Å². The van der Waals surface area contributed by atoms with Crippen LogP contribution in [-0.2, 0) is 17.8 Å². The van der Waals surface area contributed by atoms with E-state index in [1.807, 2.05) is 12.1 Å². The van der Waals surface area contributed by atoms with E-state index in [1.54, 1.807) is 30.6 Å². The number of amides is 1. The van der Waals surface area contributed by atoms with Gasteiger partial charge in [-0.1, -0.05) is 40.2 Å². The molecule has 0 spiro atoms. The molecule has 1 aromatic heterocycles. The van der Waals surface area contributed by atoms with E-state index in [0.29, 0.717) is 18.5 Å². The highest BCUT2D eigenvalue weighted by Gasteiger charge is 2.16. The van der Waals surface area contributed by atoms with Crippen LogP contribution < -0.4 is 5.32 Å². The molecule has 0 aliphatic rings. The third-order valence-electron chi connectivity index (χ3n) is 2.83. The SMILES string of the molecule is O=C(NCc1cccnc1)C(Br)Cc1ccccc1F. The number of hydrogen-bond donors (Lipinski definition) is 1. The van der Waals surface area contributed by atoms with Crippen molar-refractivity contribution in [2.45, 2.75) is 17.8 Å². The van der Waals surface area contributed by atoms with Crippen LogP contribution in [-0.4, -0.2) is 15.7 Å². The molecule has 1 unspecified atom stereocenters. The van der Waals surface area contributed by atoms with Crippen molar-refractivity contribution in [3.8, 4) is 0 Å². The topological polar surface area (TPSA) is 42.0 Å². The smallest absolute Gasteiger partial charge is 0.234 e. The fourth-order valence-corrected chi connectivity index (χ4v) is 2.26. The average Bonchev–Trinajstić information content (AvgIpc) is 2.48. The number of hydrogen-bond acceptors (Lipinski definition) is 2. The first-order valence-corrected chi connectivity index (χ1v) is 7.12. The van der Waals surface area contributed by atoms with Crippen molar-refractivity contribution in [1.82, 2.24) is 10.3 Å². The van der Waals surface area contributed by atoms with Crippen LogP contribution in [0.5, 0.6) is 0 Å². The number of rotatable bonds is 5. The minimum atomic E-state index is -0.462. The van der Waals surface area contributed by atoms with Gasteiger partial charge in [-0.15, -0.1) is 0 Å². The molecule has 0 fully saturated rings. The number of benzene rings is 1. The molecular weight excluding hydrogens is 323 g/mol. The second kappa shape index (κ2) is 7.14. The molecule has 5 heteroatoms. The van der Waals surface area contributed by atoms with Crippen LogP contribution in [0.4, 0.5) is 4.39 Å². The first-order chi connectivity index (χ1) is 9.66. The number of carbonyl (C=O) groups is 1. The molecule has 1 aromatic carbocycles. The lowest BCUT2D eigenvalue weighted by Gasteiger charge is -2.11. The third-order valence-corrected chi connectivity index (χ3v) is 3.57. The Morgan fingerprint density at radius 3 is 2.80 bits per heavy atom. The van der Waals surface area contributed by atoms with Crippen molar-refractivity contribution in [2.75, 3.05) is 0 Å². The molecule has 1 N–H and O–H groups in total. The highest BCUT2D eigenvalue weighted by atomic mass is 79.9. The van der Waals surface area contributed by atoms with E-state index in [-0.39, 0.29) is 11.7 Å². The first-order valence-electron chi connectivity index (χ1n) is 6.21.